The van der Waals surface area contributed by atoms with Crippen molar-refractivity contribution in [1.82, 2.24) is 0 Å². The van der Waals surface area contributed by atoms with Crippen LogP contribution in [0.5, 0.6) is 0 Å². The molecule has 0 saturated heterocycles. The summed E-state index contributed by atoms with van der Waals surface area (Å²) >= 11 is 0. The van der Waals surface area contributed by atoms with E-state index in [0.29, 0.717) is 29.3 Å². The minimum atomic E-state index is -0.390. The van der Waals surface area contributed by atoms with Crippen LogP contribution in [0.15, 0.2) is 40.8 Å². The number of ether oxygens (including phenoxy) is 1. The highest BCUT2D eigenvalue weighted by Gasteiger charge is 2.11. The number of hydrogen-bond donors (Lipinski definition) is 2. The number of aliphatic hydroxyl groups is 1. The second kappa shape index (κ2) is 6.06. The Labute approximate surface area is 110 Å². The third kappa shape index (κ3) is 3.14. The van der Waals surface area contributed by atoms with Crippen LogP contribution in [-0.2, 0) is 17.9 Å². The van der Waals surface area contributed by atoms with Crippen LogP contribution in [0.2, 0.25) is 0 Å². The molecule has 5 nitrogen and oxygen atoms in total. The highest BCUT2D eigenvalue weighted by molar-refractivity contribution is 5.95. The molecule has 0 radical (unpaired) electrons. The Morgan fingerprint density at radius 1 is 1.26 bits per heavy atom. The molecule has 0 fully saturated rings. The number of carbonyl (C=O) groups excluding carboxylic acids is 1. The molecule has 1 aromatic carbocycles. The first-order chi connectivity index (χ1) is 9.24. The average Bonchev–Trinajstić information content (AvgIpc) is 2.92. The van der Waals surface area contributed by atoms with Crippen molar-refractivity contribution < 1.29 is 19.1 Å². The molecule has 2 N–H and O–H groups in total. The van der Waals surface area contributed by atoms with E-state index in [9.17, 15) is 4.79 Å². The van der Waals surface area contributed by atoms with Gasteiger partial charge in [0.2, 0.25) is 0 Å². The predicted octanol–water partition coefficient (Wildman–Crippen LogP) is 2.17. The molecular formula is C14H15NO4. The van der Waals surface area contributed by atoms with E-state index in [2.05, 4.69) is 5.32 Å². The van der Waals surface area contributed by atoms with Crippen molar-refractivity contribution in [2.24, 2.45) is 0 Å². The molecule has 0 saturated carbocycles. The second-order valence-corrected chi connectivity index (χ2v) is 3.92. The number of methoxy groups -OCH3 is 1. The van der Waals surface area contributed by atoms with E-state index in [0.717, 1.165) is 0 Å². The standard InChI is InChI=1S/C14H15NO4/c1-18-14(17)12-4-2-3-5-13(12)15-8-10-6-7-11(9-16)19-10/h2-7,15-16H,8-9H2,1H3. The molecular weight excluding hydrogens is 246 g/mol. The van der Waals surface area contributed by atoms with Crippen molar-refractivity contribution in [3.8, 4) is 0 Å². The molecule has 5 heteroatoms. The molecule has 0 atom stereocenters. The molecule has 0 aliphatic carbocycles. The summed E-state index contributed by atoms with van der Waals surface area (Å²) in [6.45, 7) is 0.298. The fourth-order valence-corrected chi connectivity index (χ4v) is 1.71. The Morgan fingerprint density at radius 3 is 2.68 bits per heavy atom. The maximum atomic E-state index is 11.6. The summed E-state index contributed by atoms with van der Waals surface area (Å²) in [4.78, 5) is 11.6. The summed E-state index contributed by atoms with van der Waals surface area (Å²) in [6.07, 6.45) is 0. The highest BCUT2D eigenvalue weighted by Crippen LogP contribution is 2.17. The van der Waals surface area contributed by atoms with Crippen LogP contribution in [0.25, 0.3) is 0 Å². The lowest BCUT2D eigenvalue weighted by molar-refractivity contribution is 0.0602. The number of benzene rings is 1. The summed E-state index contributed by atoms with van der Waals surface area (Å²) in [5, 5.41) is 12.0. The van der Waals surface area contributed by atoms with E-state index in [1.807, 2.05) is 6.07 Å². The smallest absolute Gasteiger partial charge is 0.339 e. The van der Waals surface area contributed by atoms with Gasteiger partial charge in [-0.15, -0.1) is 0 Å². The first kappa shape index (κ1) is 13.2. The summed E-state index contributed by atoms with van der Waals surface area (Å²) in [6, 6.07) is 10.6. The number of furan rings is 1. The Hall–Kier alpha value is -2.27. The second-order valence-electron chi connectivity index (χ2n) is 3.92. The van der Waals surface area contributed by atoms with E-state index in [1.54, 1.807) is 30.3 Å². The van der Waals surface area contributed by atoms with Gasteiger partial charge in [0.1, 0.15) is 18.1 Å². The molecule has 19 heavy (non-hydrogen) atoms. The van der Waals surface area contributed by atoms with Crippen molar-refractivity contribution >= 4 is 11.7 Å². The van der Waals surface area contributed by atoms with Gasteiger partial charge in [0.15, 0.2) is 0 Å². The number of aliphatic hydroxyl groups excluding tert-OH is 1. The summed E-state index contributed by atoms with van der Waals surface area (Å²) < 4.78 is 10.1. The lowest BCUT2D eigenvalue weighted by Gasteiger charge is -2.09. The van der Waals surface area contributed by atoms with Crippen LogP contribution < -0.4 is 5.32 Å². The van der Waals surface area contributed by atoms with Crippen LogP contribution in [0.1, 0.15) is 21.9 Å². The van der Waals surface area contributed by atoms with Crippen molar-refractivity contribution in [2.45, 2.75) is 13.2 Å². The van der Waals surface area contributed by atoms with Gasteiger partial charge >= 0.3 is 5.97 Å². The minimum absolute atomic E-state index is 0.126. The van der Waals surface area contributed by atoms with Gasteiger partial charge in [-0.05, 0) is 24.3 Å². The maximum Gasteiger partial charge on any atom is 0.339 e. The van der Waals surface area contributed by atoms with Gasteiger partial charge in [-0.25, -0.2) is 4.79 Å². The van der Waals surface area contributed by atoms with E-state index in [-0.39, 0.29) is 6.61 Å². The Balaban J connectivity index is 2.08. The minimum Gasteiger partial charge on any atom is -0.465 e. The lowest BCUT2D eigenvalue weighted by Crippen LogP contribution is -2.07. The molecule has 1 heterocycles. The fraction of sp³-hybridized carbons (Fsp3) is 0.214. The zero-order valence-electron chi connectivity index (χ0n) is 10.6. The topological polar surface area (TPSA) is 71.7 Å². The summed E-state index contributed by atoms with van der Waals surface area (Å²) in [5.41, 5.74) is 1.15. The first-order valence-electron chi connectivity index (χ1n) is 5.84. The van der Waals surface area contributed by atoms with Gasteiger partial charge in [0, 0.05) is 5.69 Å². The molecule has 100 valence electrons. The van der Waals surface area contributed by atoms with Crippen molar-refractivity contribution in [2.75, 3.05) is 12.4 Å². The van der Waals surface area contributed by atoms with Crippen LogP contribution in [0.4, 0.5) is 5.69 Å². The normalized spacial score (nSPS) is 10.2. The Kier molecular flexibility index (Phi) is 4.20. The van der Waals surface area contributed by atoms with E-state index in [4.69, 9.17) is 14.3 Å². The van der Waals surface area contributed by atoms with Gasteiger partial charge in [-0.1, -0.05) is 12.1 Å². The third-order valence-electron chi connectivity index (χ3n) is 2.66. The number of anilines is 1. The van der Waals surface area contributed by atoms with Crippen molar-refractivity contribution in [1.29, 1.82) is 0 Å². The van der Waals surface area contributed by atoms with E-state index < -0.39 is 5.97 Å². The van der Waals surface area contributed by atoms with Gasteiger partial charge in [0.05, 0.1) is 19.2 Å². The SMILES string of the molecule is COC(=O)c1ccccc1NCc1ccc(CO)o1. The molecule has 0 aliphatic heterocycles. The molecule has 2 rings (SSSR count). The zero-order chi connectivity index (χ0) is 13.7. The van der Waals surface area contributed by atoms with Crippen molar-refractivity contribution in [3.63, 3.8) is 0 Å². The number of hydrogen-bond acceptors (Lipinski definition) is 5. The monoisotopic (exact) mass is 261 g/mol. The zero-order valence-corrected chi connectivity index (χ0v) is 10.6. The number of para-hydroxylation sites is 1. The third-order valence-corrected chi connectivity index (χ3v) is 2.66. The van der Waals surface area contributed by atoms with E-state index >= 15 is 0 Å². The van der Waals surface area contributed by atoms with Crippen LogP contribution in [-0.4, -0.2) is 18.2 Å². The fourth-order valence-electron chi connectivity index (χ4n) is 1.71. The molecule has 0 spiro atoms. The first-order valence-corrected chi connectivity index (χ1v) is 5.84. The largest absolute Gasteiger partial charge is 0.465 e. The molecule has 0 amide bonds. The average molecular weight is 261 g/mol. The van der Waals surface area contributed by atoms with Gasteiger partial charge in [-0.2, -0.15) is 0 Å². The quantitative estimate of drug-likeness (QED) is 0.807. The van der Waals surface area contributed by atoms with Gasteiger partial charge < -0.3 is 19.6 Å². The van der Waals surface area contributed by atoms with E-state index in [1.165, 1.54) is 7.11 Å². The highest BCUT2D eigenvalue weighted by atomic mass is 16.5. The molecule has 0 unspecified atom stereocenters. The van der Waals surface area contributed by atoms with Gasteiger partial charge in [0.25, 0.3) is 0 Å². The Bertz CT molecular complexity index is 562. The van der Waals surface area contributed by atoms with Gasteiger partial charge in [-0.3, -0.25) is 0 Å². The van der Waals surface area contributed by atoms with Crippen LogP contribution in [0.3, 0.4) is 0 Å². The van der Waals surface area contributed by atoms with Crippen LogP contribution in [0, 0.1) is 0 Å². The predicted molar refractivity (Wildman–Crippen MR) is 69.7 cm³/mol. The molecule has 0 aliphatic rings. The number of nitrogens with one attached hydrogen (secondary N) is 1. The number of rotatable bonds is 5. The van der Waals surface area contributed by atoms with Crippen LogP contribution >= 0.6 is 0 Å². The number of carbonyl (C=O) groups is 1. The van der Waals surface area contributed by atoms with Crippen molar-refractivity contribution in [3.05, 3.63) is 53.5 Å². The molecule has 0 bridgehead atoms. The summed E-state index contributed by atoms with van der Waals surface area (Å²) in [7, 11) is 1.35. The lowest BCUT2D eigenvalue weighted by atomic mass is 10.2. The Morgan fingerprint density at radius 2 is 2.00 bits per heavy atom. The maximum absolute atomic E-state index is 11.6. The summed E-state index contributed by atoms with van der Waals surface area (Å²) in [5.74, 6) is 0.806. The molecule has 1 aromatic heterocycles. The molecule has 2 aromatic rings. The number of esters is 1.